The van der Waals surface area contributed by atoms with Gasteiger partial charge in [-0.25, -0.2) is 24.8 Å². The summed E-state index contributed by atoms with van der Waals surface area (Å²) in [6.45, 7) is 12.8. The molecule has 2 N–H and O–H groups in total. The molecule has 36 heavy (non-hydrogen) atoms. The fourth-order valence-corrected chi connectivity index (χ4v) is 3.91. The number of nitrogens with one attached hydrogen (secondary N) is 2. The number of aromatic amines is 1. The second kappa shape index (κ2) is 8.97. The average molecular weight is 515 g/mol. The van der Waals surface area contributed by atoms with Crippen LogP contribution in [0.5, 0.6) is 0 Å². The number of aromatic nitrogens is 5. The van der Waals surface area contributed by atoms with Gasteiger partial charge in [0.1, 0.15) is 22.9 Å². The normalized spacial score (nSPS) is 12.9. The molecule has 0 spiro atoms. The number of H-pyrrole nitrogens is 1. The maximum Gasteiger partial charge on any atom is 0.285 e. The lowest BCUT2D eigenvalue weighted by atomic mass is 9.96. The molecule has 0 unspecified atom stereocenters. The highest BCUT2D eigenvalue weighted by Gasteiger charge is 2.25. The van der Waals surface area contributed by atoms with Crippen molar-refractivity contribution in [1.82, 2.24) is 24.5 Å². The van der Waals surface area contributed by atoms with Crippen LogP contribution in [0.3, 0.4) is 0 Å². The van der Waals surface area contributed by atoms with E-state index in [-0.39, 0.29) is 22.6 Å². The zero-order chi connectivity index (χ0) is 26.5. The van der Waals surface area contributed by atoms with Gasteiger partial charge in [0.15, 0.2) is 5.65 Å². The molecule has 3 aromatic heterocycles. The van der Waals surface area contributed by atoms with Crippen LogP contribution >= 0.6 is 0 Å². The van der Waals surface area contributed by atoms with Crippen LogP contribution in [0.25, 0.3) is 33.8 Å². The van der Waals surface area contributed by atoms with Crippen molar-refractivity contribution in [3.05, 3.63) is 48.0 Å². The third-order valence-electron chi connectivity index (χ3n) is 5.30. The maximum absolute atomic E-state index is 13.6. The third-order valence-corrected chi connectivity index (χ3v) is 5.68. The minimum absolute atomic E-state index is 0.169. The van der Waals surface area contributed by atoms with Crippen LogP contribution in [0.15, 0.2) is 36.4 Å². The Balaban J connectivity index is 1.90. The van der Waals surface area contributed by atoms with Gasteiger partial charge in [0.2, 0.25) is 5.95 Å². The predicted molar refractivity (Wildman–Crippen MR) is 138 cm³/mol. The molecule has 0 aliphatic heterocycles. The van der Waals surface area contributed by atoms with Gasteiger partial charge in [-0.3, -0.25) is 4.57 Å². The van der Waals surface area contributed by atoms with Crippen LogP contribution in [0, 0.1) is 11.2 Å². The van der Waals surface area contributed by atoms with Crippen molar-refractivity contribution in [2.75, 3.05) is 11.7 Å². The number of benzene rings is 1. The van der Waals surface area contributed by atoms with Crippen molar-refractivity contribution >= 4 is 27.2 Å². The van der Waals surface area contributed by atoms with Crippen molar-refractivity contribution in [2.45, 2.75) is 53.5 Å². The van der Waals surface area contributed by atoms with Crippen LogP contribution in [-0.2, 0) is 26.4 Å². The van der Waals surface area contributed by atoms with E-state index in [2.05, 4.69) is 57.0 Å². The molecule has 4 aromatic rings. The van der Waals surface area contributed by atoms with Gasteiger partial charge in [0.25, 0.3) is 10.1 Å². The van der Waals surface area contributed by atoms with Crippen molar-refractivity contribution in [2.24, 2.45) is 5.41 Å². The average Bonchev–Trinajstić information content (AvgIpc) is 3.33. The standard InChI is InChI=1S/C25H31FN6O3S/c1-24(2,3)14-32-21-18(28-23(32)31-35-36(7,33)34)13-12-17(27-21)20-19(15-8-10-16(26)11-9-15)29-22(30-20)25(4,5)6/h8-13H,14H2,1-7H3,(H,28,31)(H,29,30). The first-order chi connectivity index (χ1) is 16.6. The number of rotatable bonds is 6. The summed E-state index contributed by atoms with van der Waals surface area (Å²) in [6, 6.07) is 9.84. The molecule has 9 nitrogen and oxygen atoms in total. The second-order valence-electron chi connectivity index (χ2n) is 11.1. The van der Waals surface area contributed by atoms with Crippen LogP contribution in [-0.4, -0.2) is 39.2 Å². The number of pyridine rings is 1. The van der Waals surface area contributed by atoms with Crippen LogP contribution < -0.4 is 5.48 Å². The molecule has 0 saturated heterocycles. The van der Waals surface area contributed by atoms with Crippen molar-refractivity contribution in [1.29, 1.82) is 0 Å². The minimum Gasteiger partial charge on any atom is -0.341 e. The second-order valence-corrected chi connectivity index (χ2v) is 12.7. The van der Waals surface area contributed by atoms with E-state index in [9.17, 15) is 12.8 Å². The number of fused-ring (bicyclic) bond motifs is 1. The molecule has 0 saturated carbocycles. The van der Waals surface area contributed by atoms with Gasteiger partial charge < -0.3 is 4.98 Å². The van der Waals surface area contributed by atoms with Gasteiger partial charge in [-0.05, 0) is 41.8 Å². The Hall–Kier alpha value is -3.31. The van der Waals surface area contributed by atoms with E-state index in [1.165, 1.54) is 12.1 Å². The molecule has 4 rings (SSSR count). The molecule has 3 heterocycles. The molecule has 0 amide bonds. The summed E-state index contributed by atoms with van der Waals surface area (Å²) in [5.41, 5.74) is 5.88. The summed E-state index contributed by atoms with van der Waals surface area (Å²) >= 11 is 0. The fraction of sp³-hybridized carbons (Fsp3) is 0.400. The number of imidazole rings is 2. The molecule has 0 fully saturated rings. The zero-order valence-corrected chi connectivity index (χ0v) is 22.3. The predicted octanol–water partition coefficient (Wildman–Crippen LogP) is 5.27. The Labute approximate surface area is 210 Å². The van der Waals surface area contributed by atoms with E-state index in [4.69, 9.17) is 14.3 Å². The molecule has 0 bridgehead atoms. The van der Waals surface area contributed by atoms with E-state index < -0.39 is 10.1 Å². The van der Waals surface area contributed by atoms with E-state index in [0.717, 1.165) is 23.3 Å². The first kappa shape index (κ1) is 25.8. The Kier molecular flexibility index (Phi) is 6.42. The monoisotopic (exact) mass is 514 g/mol. The van der Waals surface area contributed by atoms with Gasteiger partial charge in [-0.2, -0.15) is 8.42 Å². The van der Waals surface area contributed by atoms with Gasteiger partial charge in [-0.1, -0.05) is 41.5 Å². The highest BCUT2D eigenvalue weighted by atomic mass is 32.2. The summed E-state index contributed by atoms with van der Waals surface area (Å²) in [5.74, 6) is 0.676. The Morgan fingerprint density at radius 3 is 2.25 bits per heavy atom. The summed E-state index contributed by atoms with van der Waals surface area (Å²) in [4.78, 5) is 17.7. The SMILES string of the molecule is CC(C)(C)Cn1c(NOS(C)(=O)=O)nc2ccc(-c3nc(C(C)(C)C)[nH]c3-c3ccc(F)cc3)nc21. The first-order valence-electron chi connectivity index (χ1n) is 11.5. The number of nitrogens with zero attached hydrogens (tertiary/aromatic N) is 4. The lowest BCUT2D eigenvalue weighted by molar-refractivity contribution is 0.339. The molecule has 192 valence electrons. The molecule has 11 heteroatoms. The molecule has 0 aliphatic rings. The molecule has 0 aliphatic carbocycles. The summed E-state index contributed by atoms with van der Waals surface area (Å²) in [5, 5.41) is 0. The van der Waals surface area contributed by atoms with E-state index >= 15 is 0 Å². The minimum atomic E-state index is -3.75. The first-order valence-corrected chi connectivity index (χ1v) is 13.3. The molecular weight excluding hydrogens is 483 g/mol. The largest absolute Gasteiger partial charge is 0.341 e. The van der Waals surface area contributed by atoms with Crippen molar-refractivity contribution in [3.8, 4) is 22.6 Å². The Morgan fingerprint density at radius 2 is 1.67 bits per heavy atom. The lowest BCUT2D eigenvalue weighted by Crippen LogP contribution is -2.19. The number of hydrogen-bond donors (Lipinski definition) is 2. The fourth-order valence-electron chi connectivity index (χ4n) is 3.69. The van der Waals surface area contributed by atoms with Gasteiger partial charge in [0.05, 0.1) is 17.6 Å². The summed E-state index contributed by atoms with van der Waals surface area (Å²) in [7, 11) is -3.75. The third kappa shape index (κ3) is 5.73. The van der Waals surface area contributed by atoms with Crippen molar-refractivity contribution < 1.29 is 17.1 Å². The topological polar surface area (TPSA) is 115 Å². The van der Waals surface area contributed by atoms with E-state index in [1.54, 1.807) is 16.7 Å². The summed E-state index contributed by atoms with van der Waals surface area (Å²) < 4.78 is 43.3. The molecule has 1 aromatic carbocycles. The number of halogens is 1. The molecule has 0 atom stereocenters. The lowest BCUT2D eigenvalue weighted by Gasteiger charge is -2.20. The van der Waals surface area contributed by atoms with Crippen LogP contribution in [0.4, 0.5) is 10.3 Å². The van der Waals surface area contributed by atoms with Gasteiger partial charge in [-0.15, -0.1) is 4.28 Å². The van der Waals surface area contributed by atoms with Crippen LogP contribution in [0.2, 0.25) is 0 Å². The van der Waals surface area contributed by atoms with E-state index in [1.807, 2.05) is 12.1 Å². The van der Waals surface area contributed by atoms with Crippen molar-refractivity contribution in [3.63, 3.8) is 0 Å². The highest BCUT2D eigenvalue weighted by Crippen LogP contribution is 2.34. The Morgan fingerprint density at radius 1 is 1.00 bits per heavy atom. The molecular formula is C25H31FN6O3S. The maximum atomic E-state index is 13.6. The highest BCUT2D eigenvalue weighted by molar-refractivity contribution is 7.86. The summed E-state index contributed by atoms with van der Waals surface area (Å²) in [6.07, 6.45) is 0.953. The van der Waals surface area contributed by atoms with Gasteiger partial charge >= 0.3 is 0 Å². The van der Waals surface area contributed by atoms with Gasteiger partial charge in [0, 0.05) is 17.5 Å². The van der Waals surface area contributed by atoms with Crippen LogP contribution in [0.1, 0.15) is 47.4 Å². The Bertz CT molecular complexity index is 1510. The van der Waals surface area contributed by atoms with E-state index in [0.29, 0.717) is 29.1 Å². The smallest absolute Gasteiger partial charge is 0.285 e. The molecule has 0 radical (unpaired) electrons. The number of anilines is 1. The number of hydrogen-bond acceptors (Lipinski definition) is 7. The quantitative estimate of drug-likeness (QED) is 0.337. The zero-order valence-electron chi connectivity index (χ0n) is 21.5.